The lowest BCUT2D eigenvalue weighted by molar-refractivity contribution is -0.697. The Bertz CT molecular complexity index is 1210. The first-order chi connectivity index (χ1) is 22.8. The highest BCUT2D eigenvalue weighted by molar-refractivity contribution is 7.25. The highest BCUT2D eigenvalue weighted by atomic mass is 32.1. The van der Waals surface area contributed by atoms with Crippen molar-refractivity contribution in [1.29, 1.82) is 0 Å². The van der Waals surface area contributed by atoms with Gasteiger partial charge < -0.3 is 0 Å². The maximum absolute atomic E-state index is 2.36. The van der Waals surface area contributed by atoms with Gasteiger partial charge in [0.2, 0.25) is 0 Å². The van der Waals surface area contributed by atoms with E-state index >= 15 is 0 Å². The number of rotatable bonds is 25. The summed E-state index contributed by atoms with van der Waals surface area (Å²) in [6.45, 7) is 6.85. The lowest BCUT2D eigenvalue weighted by Crippen LogP contribution is -2.32. The van der Waals surface area contributed by atoms with Crippen LogP contribution in [-0.4, -0.2) is 0 Å². The molecule has 2 nitrogen and oxygen atoms in total. The average Bonchev–Trinajstić information content (AvgIpc) is 3.78. The number of hydrogen-bond donors (Lipinski definition) is 0. The maximum Gasteiger partial charge on any atom is 0.169 e. The Hall–Kier alpha value is -2.30. The van der Waals surface area contributed by atoms with Crippen molar-refractivity contribution in [2.24, 2.45) is 0 Å². The maximum atomic E-state index is 2.36. The molecule has 0 bridgehead atoms. The van der Waals surface area contributed by atoms with E-state index in [0.717, 1.165) is 13.1 Å². The summed E-state index contributed by atoms with van der Waals surface area (Å²) in [4.78, 5) is 5.42. The smallest absolute Gasteiger partial charge is 0.169 e. The summed E-state index contributed by atoms with van der Waals surface area (Å²) in [5.41, 5.74) is 2.64. The van der Waals surface area contributed by atoms with E-state index in [1.54, 1.807) is 0 Å². The van der Waals surface area contributed by atoms with Crippen LogP contribution >= 0.6 is 22.7 Å². The molecule has 0 N–H and O–H groups in total. The normalized spacial score (nSPS) is 11.4. The van der Waals surface area contributed by atoms with Crippen LogP contribution in [0.1, 0.15) is 142 Å². The van der Waals surface area contributed by atoms with Crippen LogP contribution in [-0.2, 0) is 13.1 Å². The molecule has 0 aromatic carbocycles. The van der Waals surface area contributed by atoms with Gasteiger partial charge in [0.1, 0.15) is 13.1 Å². The summed E-state index contributed by atoms with van der Waals surface area (Å²) < 4.78 is 4.71. The van der Waals surface area contributed by atoms with E-state index in [9.17, 15) is 0 Å². The van der Waals surface area contributed by atoms with Crippen molar-refractivity contribution in [2.75, 3.05) is 0 Å². The second kappa shape index (κ2) is 22.3. The van der Waals surface area contributed by atoms with E-state index in [0.29, 0.717) is 0 Å². The molecule has 0 saturated heterocycles. The van der Waals surface area contributed by atoms with Crippen LogP contribution in [0.2, 0.25) is 0 Å². The van der Waals surface area contributed by atoms with Crippen LogP contribution in [0.25, 0.3) is 30.6 Å². The fourth-order valence-electron chi connectivity index (χ4n) is 6.36. The average molecular weight is 659 g/mol. The molecule has 0 saturated carbocycles. The molecule has 0 fully saturated rings. The van der Waals surface area contributed by atoms with E-state index in [1.165, 1.54) is 159 Å². The molecular formula is C42H62N2S2+2. The van der Waals surface area contributed by atoms with E-state index in [-0.39, 0.29) is 0 Å². The Balaban J connectivity index is 1.14. The Morgan fingerprint density at radius 1 is 0.348 bits per heavy atom. The number of aromatic nitrogens is 2. The molecule has 4 heteroatoms. The first-order valence-corrected chi connectivity index (χ1v) is 20.6. The van der Waals surface area contributed by atoms with Gasteiger partial charge in [0.15, 0.2) is 24.8 Å². The van der Waals surface area contributed by atoms with Crippen LogP contribution < -0.4 is 9.13 Å². The van der Waals surface area contributed by atoms with Crippen LogP contribution in [0.5, 0.6) is 0 Å². The number of aryl methyl sites for hydroxylation is 2. The molecule has 4 aromatic heterocycles. The van der Waals surface area contributed by atoms with Crippen molar-refractivity contribution >= 4 is 22.7 Å². The minimum Gasteiger partial charge on any atom is -0.205 e. The monoisotopic (exact) mass is 658 g/mol. The van der Waals surface area contributed by atoms with Crippen LogP contribution in [0.3, 0.4) is 0 Å². The third kappa shape index (κ3) is 13.4. The van der Waals surface area contributed by atoms with Gasteiger partial charge in [-0.3, -0.25) is 0 Å². The van der Waals surface area contributed by atoms with Crippen molar-refractivity contribution in [2.45, 2.75) is 155 Å². The molecule has 4 aromatic rings. The quantitative estimate of drug-likeness (QED) is 0.0494. The zero-order chi connectivity index (χ0) is 32.1. The molecule has 0 radical (unpaired) electrons. The Kier molecular flexibility index (Phi) is 17.7. The lowest BCUT2D eigenvalue weighted by atomic mass is 10.1. The third-order valence-corrected chi connectivity index (χ3v) is 11.8. The highest BCUT2D eigenvalue weighted by Crippen LogP contribution is 2.40. The number of unbranched alkanes of at least 4 members (excludes halogenated alkanes) is 18. The summed E-state index contributed by atoms with van der Waals surface area (Å²) in [7, 11) is 0. The van der Waals surface area contributed by atoms with Gasteiger partial charge in [-0.15, -0.1) is 22.7 Å². The molecule has 0 unspecified atom stereocenters. The minimum atomic E-state index is 1.13. The van der Waals surface area contributed by atoms with E-state index < -0.39 is 0 Å². The molecule has 250 valence electrons. The minimum absolute atomic E-state index is 1.13. The molecule has 0 spiro atoms. The summed E-state index contributed by atoms with van der Waals surface area (Å²) in [5, 5.41) is 0. The molecule has 4 rings (SSSR count). The Morgan fingerprint density at radius 2 is 0.630 bits per heavy atom. The van der Waals surface area contributed by atoms with Gasteiger partial charge >= 0.3 is 0 Å². The van der Waals surface area contributed by atoms with Gasteiger partial charge in [0.25, 0.3) is 0 Å². The standard InChI is InChI=1S/C42H62N2S2/c1-3-5-7-9-11-13-15-17-19-21-31-43-33-27-37(28-34-43)39-23-25-41(45-39)42-26-24-40(46-42)38-29-35-44(36-30-38)32-22-20-18-16-14-12-10-8-6-4-2/h23-30,33-36H,3-22,31-32H2,1-2H3/q+2. The SMILES string of the molecule is CCCCCCCCCCCC[n+]1ccc(-c2ccc(-c3ccc(-c4cc[n+](CCCCCCCCCCCC)cc4)s3)s2)cc1. The third-order valence-electron chi connectivity index (χ3n) is 9.35. The molecule has 4 heterocycles. The second-order valence-electron chi connectivity index (χ2n) is 13.3. The second-order valence-corrected chi connectivity index (χ2v) is 15.5. The molecule has 0 aliphatic carbocycles. The molecule has 0 aliphatic rings. The predicted molar refractivity (Wildman–Crippen MR) is 203 cm³/mol. The molecule has 46 heavy (non-hydrogen) atoms. The molecule has 0 amide bonds. The molecular weight excluding hydrogens is 597 g/mol. The number of nitrogens with zero attached hydrogens (tertiary/aromatic N) is 2. The van der Waals surface area contributed by atoms with Crippen molar-refractivity contribution < 1.29 is 9.13 Å². The van der Waals surface area contributed by atoms with Crippen molar-refractivity contribution in [1.82, 2.24) is 0 Å². The van der Waals surface area contributed by atoms with Crippen molar-refractivity contribution in [3.05, 3.63) is 73.3 Å². The Labute approximate surface area is 290 Å². The molecule has 0 atom stereocenters. The van der Waals surface area contributed by atoms with Crippen molar-refractivity contribution in [3.63, 3.8) is 0 Å². The van der Waals surface area contributed by atoms with Crippen molar-refractivity contribution in [3.8, 4) is 30.6 Å². The fourth-order valence-corrected chi connectivity index (χ4v) is 8.47. The Morgan fingerprint density at radius 3 is 0.957 bits per heavy atom. The number of thiophene rings is 2. The van der Waals surface area contributed by atoms with Gasteiger partial charge in [0.05, 0.1) is 0 Å². The zero-order valence-electron chi connectivity index (χ0n) is 29.2. The number of pyridine rings is 2. The number of hydrogen-bond acceptors (Lipinski definition) is 2. The summed E-state index contributed by atoms with van der Waals surface area (Å²) >= 11 is 3.82. The van der Waals surface area contributed by atoms with Gasteiger partial charge in [-0.05, 0) is 37.1 Å². The largest absolute Gasteiger partial charge is 0.205 e. The zero-order valence-corrected chi connectivity index (χ0v) is 30.8. The molecule has 0 aliphatic heterocycles. The predicted octanol–water partition coefficient (Wildman–Crippen LogP) is 13.2. The van der Waals surface area contributed by atoms with E-state index in [2.05, 4.69) is 96.3 Å². The first-order valence-electron chi connectivity index (χ1n) is 19.0. The fraction of sp³-hybridized carbons (Fsp3) is 0.571. The summed E-state index contributed by atoms with van der Waals surface area (Å²) in [6.07, 6.45) is 36.9. The van der Waals surface area contributed by atoms with Crippen LogP contribution in [0.15, 0.2) is 73.3 Å². The first kappa shape index (κ1) is 36.5. The van der Waals surface area contributed by atoms with Crippen LogP contribution in [0.4, 0.5) is 0 Å². The topological polar surface area (TPSA) is 7.76 Å². The van der Waals surface area contributed by atoms with Gasteiger partial charge in [-0.1, -0.05) is 117 Å². The van der Waals surface area contributed by atoms with Crippen LogP contribution in [0, 0.1) is 0 Å². The van der Waals surface area contributed by atoms with E-state index in [4.69, 9.17) is 0 Å². The van der Waals surface area contributed by atoms with Gasteiger partial charge in [-0.2, -0.15) is 0 Å². The summed E-state index contributed by atoms with van der Waals surface area (Å²) in [6, 6.07) is 18.3. The van der Waals surface area contributed by atoms with Gasteiger partial charge in [-0.25, -0.2) is 9.13 Å². The lowest BCUT2D eigenvalue weighted by Gasteiger charge is -2.02. The summed E-state index contributed by atoms with van der Waals surface area (Å²) in [5.74, 6) is 0. The van der Waals surface area contributed by atoms with Gasteiger partial charge in [0, 0.05) is 67.7 Å². The van der Waals surface area contributed by atoms with E-state index in [1.807, 2.05) is 22.7 Å². The highest BCUT2D eigenvalue weighted by Gasteiger charge is 2.11.